The molecule has 1 aromatic heterocycles. The summed E-state index contributed by atoms with van der Waals surface area (Å²) in [7, 11) is 2.86. The molecule has 0 N–H and O–H groups in total. The summed E-state index contributed by atoms with van der Waals surface area (Å²) in [6, 6.07) is 10.2. The number of nitrogens with zero attached hydrogens (tertiary/aromatic N) is 2. The lowest BCUT2D eigenvalue weighted by Crippen LogP contribution is -2.39. The molecule has 0 fully saturated rings. The SMILES string of the molecule is COC(=O)C1=C(C)N=c2sc(=Cc3ccc4c(c3)OCCO4)c(=O)n2C1c1ccc(OC(C)C)c(OC)c1. The van der Waals surface area contributed by atoms with Gasteiger partial charge in [-0.1, -0.05) is 23.5 Å². The second-order valence-corrected chi connectivity index (χ2v) is 10.1. The van der Waals surface area contributed by atoms with Crippen LogP contribution < -0.4 is 33.8 Å². The number of hydrogen-bond acceptors (Lipinski definition) is 9. The quantitative estimate of drug-likeness (QED) is 0.447. The Bertz CT molecular complexity index is 1620. The van der Waals surface area contributed by atoms with Gasteiger partial charge in [0.1, 0.15) is 13.2 Å². The van der Waals surface area contributed by atoms with Crippen molar-refractivity contribution < 1.29 is 28.5 Å². The van der Waals surface area contributed by atoms with E-state index in [1.165, 1.54) is 23.0 Å². The molecule has 2 aliphatic rings. The topological polar surface area (TPSA) is 97.6 Å². The van der Waals surface area contributed by atoms with Gasteiger partial charge in [0.25, 0.3) is 5.56 Å². The Hall–Kier alpha value is -4.05. The van der Waals surface area contributed by atoms with Gasteiger partial charge in [0.05, 0.1) is 42.2 Å². The van der Waals surface area contributed by atoms with Gasteiger partial charge in [-0.25, -0.2) is 9.79 Å². The largest absolute Gasteiger partial charge is 0.493 e. The van der Waals surface area contributed by atoms with Gasteiger partial charge < -0.3 is 23.7 Å². The Kier molecular flexibility index (Phi) is 6.98. The summed E-state index contributed by atoms with van der Waals surface area (Å²) in [5.74, 6) is 1.81. The smallest absolute Gasteiger partial charge is 0.338 e. The second kappa shape index (κ2) is 10.4. The zero-order valence-electron chi connectivity index (χ0n) is 21.8. The highest BCUT2D eigenvalue weighted by Crippen LogP contribution is 2.36. The van der Waals surface area contributed by atoms with Gasteiger partial charge in [-0.15, -0.1) is 0 Å². The molecular formula is C28H28N2O7S. The van der Waals surface area contributed by atoms with E-state index in [2.05, 4.69) is 4.99 Å². The molecule has 0 radical (unpaired) electrons. The van der Waals surface area contributed by atoms with Gasteiger partial charge in [-0.05, 0) is 62.2 Å². The number of rotatable bonds is 6. The zero-order chi connectivity index (χ0) is 27.0. The standard InChI is InChI=1S/C28H28N2O7S/c1-15(2)37-20-9-7-18(14-21(20)33-4)25-24(27(32)34-5)16(3)29-28-30(25)26(31)23(38-28)13-17-6-8-19-22(12-17)36-11-10-35-19/h6-9,12-15,25H,10-11H2,1-5H3. The first-order valence-electron chi connectivity index (χ1n) is 12.2. The number of allylic oxidation sites excluding steroid dienone is 1. The molecule has 9 nitrogen and oxygen atoms in total. The average Bonchev–Trinajstić information content (AvgIpc) is 3.21. The van der Waals surface area contributed by atoms with Crippen LogP contribution in [0.25, 0.3) is 6.08 Å². The van der Waals surface area contributed by atoms with Crippen molar-refractivity contribution in [2.75, 3.05) is 27.4 Å². The lowest BCUT2D eigenvalue weighted by Gasteiger charge is -2.25. The summed E-state index contributed by atoms with van der Waals surface area (Å²) < 4.78 is 29.8. The van der Waals surface area contributed by atoms with Crippen LogP contribution in [-0.2, 0) is 9.53 Å². The lowest BCUT2D eigenvalue weighted by atomic mass is 9.95. The molecule has 2 aromatic carbocycles. The number of esters is 1. The maximum Gasteiger partial charge on any atom is 0.338 e. The first-order valence-corrected chi connectivity index (χ1v) is 13.0. The van der Waals surface area contributed by atoms with Gasteiger partial charge in [0.2, 0.25) is 0 Å². The average molecular weight is 537 g/mol. The summed E-state index contributed by atoms with van der Waals surface area (Å²) in [5.41, 5.74) is 1.95. The number of ether oxygens (including phenoxy) is 5. The Morgan fingerprint density at radius 2 is 1.87 bits per heavy atom. The molecular weight excluding hydrogens is 508 g/mol. The van der Waals surface area contributed by atoms with E-state index in [0.717, 1.165) is 5.56 Å². The molecule has 0 amide bonds. The molecule has 3 aromatic rings. The van der Waals surface area contributed by atoms with Crippen molar-refractivity contribution in [1.29, 1.82) is 0 Å². The van der Waals surface area contributed by atoms with Crippen molar-refractivity contribution in [2.24, 2.45) is 4.99 Å². The van der Waals surface area contributed by atoms with Gasteiger partial charge >= 0.3 is 5.97 Å². The predicted octanol–water partition coefficient (Wildman–Crippen LogP) is 2.98. The van der Waals surface area contributed by atoms with E-state index < -0.39 is 12.0 Å². The van der Waals surface area contributed by atoms with E-state index in [4.69, 9.17) is 23.7 Å². The van der Waals surface area contributed by atoms with E-state index in [1.807, 2.05) is 38.1 Å². The minimum atomic E-state index is -0.761. The summed E-state index contributed by atoms with van der Waals surface area (Å²) in [4.78, 5) is 31.8. The fraction of sp³-hybridized carbons (Fsp3) is 0.321. The number of carbonyl (C=O) groups excluding carboxylic acids is 1. The van der Waals surface area contributed by atoms with Crippen molar-refractivity contribution in [3.63, 3.8) is 0 Å². The van der Waals surface area contributed by atoms with E-state index in [-0.39, 0.29) is 17.2 Å². The fourth-order valence-corrected chi connectivity index (χ4v) is 5.56. The lowest BCUT2D eigenvalue weighted by molar-refractivity contribution is -0.136. The fourth-order valence-electron chi connectivity index (χ4n) is 4.51. The van der Waals surface area contributed by atoms with Crippen LogP contribution >= 0.6 is 11.3 Å². The summed E-state index contributed by atoms with van der Waals surface area (Å²) >= 11 is 1.25. The van der Waals surface area contributed by atoms with E-state index in [0.29, 0.717) is 56.8 Å². The summed E-state index contributed by atoms with van der Waals surface area (Å²) in [6.45, 7) is 6.56. The number of fused-ring (bicyclic) bond motifs is 2. The summed E-state index contributed by atoms with van der Waals surface area (Å²) in [6.07, 6.45) is 1.73. The molecule has 10 heteroatoms. The van der Waals surface area contributed by atoms with Crippen LogP contribution in [0.5, 0.6) is 23.0 Å². The normalized spacial score (nSPS) is 16.7. The minimum Gasteiger partial charge on any atom is -0.493 e. The van der Waals surface area contributed by atoms with Crippen molar-refractivity contribution in [2.45, 2.75) is 32.9 Å². The molecule has 0 saturated heterocycles. The third-order valence-electron chi connectivity index (χ3n) is 6.16. The molecule has 198 valence electrons. The predicted molar refractivity (Wildman–Crippen MR) is 142 cm³/mol. The number of aromatic nitrogens is 1. The monoisotopic (exact) mass is 536 g/mol. The van der Waals surface area contributed by atoms with Crippen LogP contribution in [0.15, 0.2) is 57.5 Å². The van der Waals surface area contributed by atoms with Crippen LogP contribution in [0, 0.1) is 0 Å². The van der Waals surface area contributed by atoms with Gasteiger partial charge in [-0.2, -0.15) is 0 Å². The highest BCUT2D eigenvalue weighted by Gasteiger charge is 2.33. The van der Waals surface area contributed by atoms with Crippen LogP contribution in [0.3, 0.4) is 0 Å². The molecule has 2 aliphatic heterocycles. The maximum absolute atomic E-state index is 13.8. The molecule has 1 unspecified atom stereocenters. The maximum atomic E-state index is 13.8. The minimum absolute atomic E-state index is 0.0549. The number of carbonyl (C=O) groups is 1. The zero-order valence-corrected chi connectivity index (χ0v) is 22.6. The van der Waals surface area contributed by atoms with Crippen molar-refractivity contribution in [3.8, 4) is 23.0 Å². The van der Waals surface area contributed by atoms with Crippen molar-refractivity contribution in [1.82, 2.24) is 4.57 Å². The van der Waals surface area contributed by atoms with E-state index in [9.17, 15) is 9.59 Å². The van der Waals surface area contributed by atoms with Gasteiger partial charge in [0, 0.05) is 0 Å². The van der Waals surface area contributed by atoms with Crippen LogP contribution in [0.1, 0.15) is 37.9 Å². The Morgan fingerprint density at radius 1 is 1.11 bits per heavy atom. The number of benzene rings is 2. The van der Waals surface area contributed by atoms with Crippen LogP contribution in [0.4, 0.5) is 0 Å². The summed E-state index contributed by atoms with van der Waals surface area (Å²) in [5, 5.41) is 0. The van der Waals surface area contributed by atoms with Gasteiger partial charge in [0.15, 0.2) is 27.8 Å². The first-order chi connectivity index (χ1) is 18.3. The van der Waals surface area contributed by atoms with Crippen LogP contribution in [0.2, 0.25) is 0 Å². The molecule has 38 heavy (non-hydrogen) atoms. The Balaban J connectivity index is 1.67. The third kappa shape index (κ3) is 4.67. The highest BCUT2D eigenvalue weighted by molar-refractivity contribution is 7.07. The van der Waals surface area contributed by atoms with Crippen molar-refractivity contribution in [3.05, 3.63) is 78.5 Å². The Morgan fingerprint density at radius 3 is 2.58 bits per heavy atom. The van der Waals surface area contributed by atoms with Crippen molar-refractivity contribution >= 4 is 23.4 Å². The molecule has 0 saturated carbocycles. The van der Waals surface area contributed by atoms with E-state index >= 15 is 0 Å². The van der Waals surface area contributed by atoms with Gasteiger partial charge in [-0.3, -0.25) is 9.36 Å². The van der Waals surface area contributed by atoms with E-state index in [1.54, 1.807) is 32.2 Å². The molecule has 1 atom stereocenters. The molecule has 0 aliphatic carbocycles. The second-order valence-electron chi connectivity index (χ2n) is 9.05. The highest BCUT2D eigenvalue weighted by atomic mass is 32.1. The first kappa shape index (κ1) is 25.6. The molecule has 0 bridgehead atoms. The third-order valence-corrected chi connectivity index (χ3v) is 7.14. The molecule has 0 spiro atoms. The molecule has 3 heterocycles. The van der Waals surface area contributed by atoms with Crippen LogP contribution in [-0.4, -0.2) is 44.1 Å². The molecule has 5 rings (SSSR count). The number of methoxy groups -OCH3 is 2. The number of hydrogen-bond donors (Lipinski definition) is 0. The Labute approximate surface area is 223 Å². The number of thiazole rings is 1.